The molecule has 2 N–H and O–H groups in total. The van der Waals surface area contributed by atoms with Crippen molar-refractivity contribution in [2.75, 3.05) is 0 Å². The van der Waals surface area contributed by atoms with E-state index in [-0.39, 0.29) is 39.4 Å². The van der Waals surface area contributed by atoms with Gasteiger partial charge in [0.15, 0.2) is 0 Å². The highest BCUT2D eigenvalue weighted by Gasteiger charge is 2.76. The van der Waals surface area contributed by atoms with Crippen LogP contribution in [0, 0.1) is 56.2 Å². The normalized spacial score (nSPS) is 54.7. The summed E-state index contributed by atoms with van der Waals surface area (Å²) in [7, 11) is 0. The maximum Gasteiger partial charge on any atom is 0.309 e. The Bertz CT molecular complexity index is 982. The Labute approximate surface area is 212 Å². The molecule has 5 aliphatic rings. The number of carboxylic acids is 1. The minimum absolute atomic E-state index is 0.0152. The van der Waals surface area contributed by atoms with E-state index in [9.17, 15) is 19.8 Å². The largest absolute Gasteiger partial charge is 0.481 e. The molecule has 0 aromatic rings. The number of hydrogen-bond donors (Lipinski definition) is 2. The van der Waals surface area contributed by atoms with Gasteiger partial charge in [-0.3, -0.25) is 9.59 Å². The monoisotopic (exact) mass is 484 g/mol. The van der Waals surface area contributed by atoms with Crippen LogP contribution < -0.4 is 0 Å². The molecule has 0 bridgehead atoms. The fourth-order valence-corrected chi connectivity index (χ4v) is 12.1. The van der Waals surface area contributed by atoms with Gasteiger partial charge in [-0.05, 0) is 97.7 Å². The van der Waals surface area contributed by atoms with Gasteiger partial charge in [-0.25, -0.2) is 0 Å². The van der Waals surface area contributed by atoms with E-state index in [0.29, 0.717) is 24.5 Å². The van der Waals surface area contributed by atoms with Gasteiger partial charge in [0.25, 0.3) is 0 Å². The van der Waals surface area contributed by atoms with Gasteiger partial charge < -0.3 is 10.2 Å². The van der Waals surface area contributed by atoms with Gasteiger partial charge in [0.2, 0.25) is 0 Å². The van der Waals surface area contributed by atoms with E-state index >= 15 is 0 Å². The Hall–Kier alpha value is -1.16. The van der Waals surface area contributed by atoms with Crippen molar-refractivity contribution in [1.29, 1.82) is 0 Å². The van der Waals surface area contributed by atoms with Crippen molar-refractivity contribution < 1.29 is 19.8 Å². The molecular weight excluding hydrogens is 436 g/mol. The lowest BCUT2D eigenvalue weighted by Gasteiger charge is -2.76. The molecule has 4 nitrogen and oxygen atoms in total. The molecule has 5 fully saturated rings. The molecular formula is C31H48O4. The van der Waals surface area contributed by atoms with E-state index < -0.39 is 22.9 Å². The van der Waals surface area contributed by atoms with Crippen molar-refractivity contribution in [3.8, 4) is 0 Å². The Morgan fingerprint density at radius 1 is 0.914 bits per heavy atom. The van der Waals surface area contributed by atoms with Crippen LogP contribution in [-0.4, -0.2) is 28.1 Å². The van der Waals surface area contributed by atoms with Crippen LogP contribution in [0.5, 0.6) is 0 Å². The Kier molecular flexibility index (Phi) is 5.27. The number of ketones is 1. The number of carbonyl (C=O) groups excluding carboxylic acids is 1. The van der Waals surface area contributed by atoms with E-state index in [4.69, 9.17) is 0 Å². The van der Waals surface area contributed by atoms with Gasteiger partial charge >= 0.3 is 5.97 Å². The third kappa shape index (κ3) is 2.74. The van der Waals surface area contributed by atoms with Crippen LogP contribution in [0.15, 0.2) is 12.2 Å². The van der Waals surface area contributed by atoms with Crippen LogP contribution in [0.3, 0.4) is 0 Å². The summed E-state index contributed by atoms with van der Waals surface area (Å²) in [6.45, 7) is 20.2. The van der Waals surface area contributed by atoms with Crippen molar-refractivity contribution in [3.63, 3.8) is 0 Å². The van der Waals surface area contributed by atoms with Gasteiger partial charge in [0.05, 0.1) is 11.5 Å². The second-order valence-electron chi connectivity index (χ2n) is 15.1. The maximum absolute atomic E-state index is 13.0. The molecule has 0 unspecified atom stereocenters. The third-order valence-electron chi connectivity index (χ3n) is 13.9. The van der Waals surface area contributed by atoms with E-state index in [1.54, 1.807) is 0 Å². The number of fused-ring (bicyclic) bond motifs is 7. The predicted octanol–water partition coefficient (Wildman–Crippen LogP) is 6.66. The molecule has 0 aromatic heterocycles. The van der Waals surface area contributed by atoms with Gasteiger partial charge in [-0.2, -0.15) is 0 Å². The number of aliphatic hydroxyl groups is 1. The average Bonchev–Trinajstić information content (AvgIpc) is 3.15. The fraction of sp³-hybridized carbons (Fsp3) is 0.871. The lowest BCUT2D eigenvalue weighted by atomic mass is 9.28. The van der Waals surface area contributed by atoms with Crippen LogP contribution in [0.2, 0.25) is 0 Å². The SMILES string of the molecule is C=C(C)[C@@H]1CC[C@]2(C(=O)O)CC[C@@]3(C)[C@]4(C)C[C@H](O)[C@@H]5C(C)(C)C(=O)CC[C@]5(C)[C@H]4CC[C@]3(C)[C@@H]12. The number of allylic oxidation sites excluding steroid dienone is 1. The van der Waals surface area contributed by atoms with Crippen molar-refractivity contribution in [2.24, 2.45) is 56.2 Å². The molecule has 0 amide bonds. The van der Waals surface area contributed by atoms with Gasteiger partial charge in [0.1, 0.15) is 5.78 Å². The molecule has 5 saturated carbocycles. The summed E-state index contributed by atoms with van der Waals surface area (Å²) in [6, 6.07) is 0. The zero-order chi connectivity index (χ0) is 26.0. The molecule has 0 aliphatic heterocycles. The summed E-state index contributed by atoms with van der Waals surface area (Å²) in [4.78, 5) is 25.9. The highest BCUT2D eigenvalue weighted by atomic mass is 16.4. The zero-order valence-electron chi connectivity index (χ0n) is 23.2. The molecule has 0 aromatic carbocycles. The average molecular weight is 485 g/mol. The summed E-state index contributed by atoms with van der Waals surface area (Å²) in [5, 5.41) is 22.4. The first-order valence-electron chi connectivity index (χ1n) is 14.1. The van der Waals surface area contributed by atoms with Crippen molar-refractivity contribution in [3.05, 3.63) is 12.2 Å². The van der Waals surface area contributed by atoms with Crippen LogP contribution in [0.4, 0.5) is 0 Å². The second kappa shape index (κ2) is 7.23. The van der Waals surface area contributed by atoms with Crippen LogP contribution in [0.25, 0.3) is 0 Å². The van der Waals surface area contributed by atoms with Crippen LogP contribution in [0.1, 0.15) is 106 Å². The minimum Gasteiger partial charge on any atom is -0.481 e. The molecule has 0 saturated heterocycles. The zero-order valence-corrected chi connectivity index (χ0v) is 23.2. The van der Waals surface area contributed by atoms with E-state index in [1.807, 2.05) is 0 Å². The highest BCUT2D eigenvalue weighted by Crippen LogP contribution is 2.81. The lowest BCUT2D eigenvalue weighted by Crippen LogP contribution is -2.72. The first-order valence-corrected chi connectivity index (χ1v) is 14.1. The summed E-state index contributed by atoms with van der Waals surface area (Å²) in [5.74, 6) is 0.445. The molecule has 35 heavy (non-hydrogen) atoms. The van der Waals surface area contributed by atoms with Crippen molar-refractivity contribution >= 4 is 11.8 Å². The lowest BCUT2D eigenvalue weighted by molar-refractivity contribution is -0.286. The van der Waals surface area contributed by atoms with Gasteiger partial charge in [0, 0.05) is 17.8 Å². The highest BCUT2D eigenvalue weighted by molar-refractivity contribution is 5.85. The van der Waals surface area contributed by atoms with E-state index in [2.05, 4.69) is 55.0 Å². The first kappa shape index (κ1) is 25.5. The Balaban J connectivity index is 1.65. The molecule has 0 spiro atoms. The molecule has 5 rings (SSSR count). The summed E-state index contributed by atoms with van der Waals surface area (Å²) >= 11 is 0. The predicted molar refractivity (Wildman–Crippen MR) is 138 cm³/mol. The van der Waals surface area contributed by atoms with Crippen LogP contribution >= 0.6 is 0 Å². The number of carbonyl (C=O) groups is 2. The molecule has 0 radical (unpaired) electrons. The first-order chi connectivity index (χ1) is 16.0. The van der Waals surface area contributed by atoms with Gasteiger partial charge in [-0.15, -0.1) is 0 Å². The quantitative estimate of drug-likeness (QED) is 0.430. The standard InChI is InChI=1S/C31H48O4/c1-18(2)19-9-14-31(25(34)35)16-15-30(8)28(6,23(19)31)13-10-21-27(5)12-11-22(33)26(3,4)24(27)20(32)17-29(21,30)7/h19-21,23-24,32H,1,9-17H2,2-8H3,(H,34,35)/t19-,20-,21+,23+,24+,27+,28+,29+,30+,31-/m0/s1. The number of aliphatic hydroxyl groups excluding tert-OH is 1. The molecule has 0 heterocycles. The minimum atomic E-state index is -0.653. The molecule has 4 heteroatoms. The van der Waals surface area contributed by atoms with E-state index in [1.165, 1.54) is 0 Å². The summed E-state index contributed by atoms with van der Waals surface area (Å²) in [5.41, 5.74) is -0.411. The molecule has 5 aliphatic carbocycles. The number of rotatable bonds is 2. The third-order valence-corrected chi connectivity index (χ3v) is 13.9. The topological polar surface area (TPSA) is 74.6 Å². The molecule has 196 valence electrons. The van der Waals surface area contributed by atoms with Crippen molar-refractivity contribution in [2.45, 2.75) is 112 Å². The Morgan fingerprint density at radius 2 is 1.57 bits per heavy atom. The van der Waals surface area contributed by atoms with E-state index in [0.717, 1.165) is 50.5 Å². The number of hydrogen-bond acceptors (Lipinski definition) is 3. The van der Waals surface area contributed by atoms with Crippen LogP contribution in [-0.2, 0) is 9.59 Å². The van der Waals surface area contributed by atoms with Gasteiger partial charge in [-0.1, -0.05) is 53.7 Å². The summed E-state index contributed by atoms with van der Waals surface area (Å²) in [6.07, 6.45) is 7.07. The summed E-state index contributed by atoms with van der Waals surface area (Å²) < 4.78 is 0. The smallest absolute Gasteiger partial charge is 0.309 e. The maximum atomic E-state index is 13.0. The van der Waals surface area contributed by atoms with Crippen molar-refractivity contribution in [1.82, 2.24) is 0 Å². The second-order valence-corrected chi connectivity index (χ2v) is 15.1. The number of aliphatic carboxylic acids is 1. The number of carboxylic acid groups (broad SMARTS) is 1. The Morgan fingerprint density at radius 3 is 2.17 bits per heavy atom. The molecule has 10 atom stereocenters. The fourth-order valence-electron chi connectivity index (χ4n) is 12.1. The number of Topliss-reactive ketones (excluding diaryl/α,β-unsaturated/α-hetero) is 1.